The van der Waals surface area contributed by atoms with E-state index in [4.69, 9.17) is 0 Å². The molecule has 0 aliphatic carbocycles. The summed E-state index contributed by atoms with van der Waals surface area (Å²) in [4.78, 5) is 0. The van der Waals surface area contributed by atoms with Crippen molar-refractivity contribution in [2.45, 2.75) is 33.1 Å². The van der Waals surface area contributed by atoms with Gasteiger partial charge in [-0.25, -0.2) is 0 Å². The van der Waals surface area contributed by atoms with Gasteiger partial charge in [0.1, 0.15) is 0 Å². The summed E-state index contributed by atoms with van der Waals surface area (Å²) in [5, 5.41) is 0. The molecule has 0 aliphatic heterocycles. The fraction of sp³-hybridized carbons (Fsp3) is 0.385. The van der Waals surface area contributed by atoms with E-state index in [-0.39, 0.29) is 5.41 Å². The standard InChI is InChI=1S/C13H18/c1-10(2)13(4,5)12-8-6-11(3)7-9-12/h6-9H,1H2,2-5H3. The molecule has 0 spiro atoms. The maximum Gasteiger partial charge on any atom is 0.00996 e. The van der Waals surface area contributed by atoms with Crippen molar-refractivity contribution in [1.29, 1.82) is 0 Å². The molecule has 0 nitrogen and oxygen atoms in total. The van der Waals surface area contributed by atoms with Gasteiger partial charge in [-0.2, -0.15) is 0 Å². The van der Waals surface area contributed by atoms with Gasteiger partial charge in [-0.3, -0.25) is 0 Å². The van der Waals surface area contributed by atoms with E-state index in [0.717, 1.165) is 0 Å². The number of allylic oxidation sites excluding steroid dienone is 1. The number of benzene rings is 1. The van der Waals surface area contributed by atoms with E-state index in [1.54, 1.807) is 0 Å². The molecule has 1 rings (SSSR count). The Bertz CT molecular complexity index is 301. The van der Waals surface area contributed by atoms with E-state index in [1.807, 2.05) is 0 Å². The van der Waals surface area contributed by atoms with Crippen LogP contribution in [0.5, 0.6) is 0 Å². The zero-order chi connectivity index (χ0) is 10.1. The van der Waals surface area contributed by atoms with Gasteiger partial charge in [0.2, 0.25) is 0 Å². The van der Waals surface area contributed by atoms with Crippen LogP contribution in [0.1, 0.15) is 31.9 Å². The third kappa shape index (κ3) is 2.00. The van der Waals surface area contributed by atoms with Gasteiger partial charge in [-0.05, 0) is 19.4 Å². The van der Waals surface area contributed by atoms with Crippen molar-refractivity contribution < 1.29 is 0 Å². The van der Waals surface area contributed by atoms with Crippen LogP contribution >= 0.6 is 0 Å². The molecule has 0 saturated heterocycles. The largest absolute Gasteiger partial charge is 0.0993 e. The molecule has 0 heterocycles. The lowest BCUT2D eigenvalue weighted by Crippen LogP contribution is -2.17. The predicted molar refractivity (Wildman–Crippen MR) is 59.0 cm³/mol. The van der Waals surface area contributed by atoms with Gasteiger partial charge in [0, 0.05) is 5.41 Å². The molecule has 13 heavy (non-hydrogen) atoms. The van der Waals surface area contributed by atoms with Crippen molar-refractivity contribution in [1.82, 2.24) is 0 Å². The van der Waals surface area contributed by atoms with Gasteiger partial charge in [-0.15, -0.1) is 0 Å². The summed E-state index contributed by atoms with van der Waals surface area (Å²) >= 11 is 0. The van der Waals surface area contributed by atoms with Gasteiger partial charge < -0.3 is 0 Å². The van der Waals surface area contributed by atoms with Crippen LogP contribution in [-0.4, -0.2) is 0 Å². The van der Waals surface area contributed by atoms with Gasteiger partial charge >= 0.3 is 0 Å². The molecule has 0 saturated carbocycles. The molecule has 0 N–H and O–H groups in total. The molecule has 0 radical (unpaired) electrons. The maximum absolute atomic E-state index is 4.03. The second kappa shape index (κ2) is 3.37. The van der Waals surface area contributed by atoms with E-state index in [9.17, 15) is 0 Å². The van der Waals surface area contributed by atoms with E-state index >= 15 is 0 Å². The Morgan fingerprint density at radius 1 is 1.15 bits per heavy atom. The first-order valence-electron chi connectivity index (χ1n) is 4.67. The quantitative estimate of drug-likeness (QED) is 0.597. The van der Waals surface area contributed by atoms with Gasteiger partial charge in [0.05, 0.1) is 0 Å². The van der Waals surface area contributed by atoms with Crippen LogP contribution in [-0.2, 0) is 5.41 Å². The maximum atomic E-state index is 4.03. The highest BCUT2D eigenvalue weighted by Gasteiger charge is 2.20. The van der Waals surface area contributed by atoms with Crippen LogP contribution in [0.4, 0.5) is 0 Å². The number of rotatable bonds is 2. The molecule has 1 aromatic rings. The van der Waals surface area contributed by atoms with Gasteiger partial charge in [-0.1, -0.05) is 55.8 Å². The minimum Gasteiger partial charge on any atom is -0.0993 e. The van der Waals surface area contributed by atoms with Crippen LogP contribution in [0.2, 0.25) is 0 Å². The molecule has 0 amide bonds. The number of aryl methyl sites for hydroxylation is 1. The van der Waals surface area contributed by atoms with E-state index in [2.05, 4.69) is 58.5 Å². The second-order valence-corrected chi connectivity index (χ2v) is 4.27. The third-order valence-corrected chi connectivity index (χ3v) is 2.84. The van der Waals surface area contributed by atoms with Crippen molar-refractivity contribution in [2.75, 3.05) is 0 Å². The minimum absolute atomic E-state index is 0.0910. The monoisotopic (exact) mass is 174 g/mol. The fourth-order valence-electron chi connectivity index (χ4n) is 1.22. The van der Waals surface area contributed by atoms with E-state index in [0.29, 0.717) is 0 Å². The average Bonchev–Trinajstić information content (AvgIpc) is 2.04. The Kier molecular flexibility index (Phi) is 2.60. The van der Waals surface area contributed by atoms with Gasteiger partial charge in [0.15, 0.2) is 0 Å². The predicted octanol–water partition coefficient (Wildman–Crippen LogP) is 3.85. The molecule has 0 heteroatoms. The first-order valence-corrected chi connectivity index (χ1v) is 4.67. The van der Waals surface area contributed by atoms with Crippen molar-refractivity contribution in [3.8, 4) is 0 Å². The van der Waals surface area contributed by atoms with Crippen molar-refractivity contribution in [3.05, 3.63) is 47.5 Å². The lowest BCUT2D eigenvalue weighted by Gasteiger charge is -2.25. The summed E-state index contributed by atoms with van der Waals surface area (Å²) in [7, 11) is 0. The smallest absolute Gasteiger partial charge is 0.00996 e. The fourth-order valence-corrected chi connectivity index (χ4v) is 1.22. The van der Waals surface area contributed by atoms with Crippen LogP contribution in [0.3, 0.4) is 0 Å². The summed E-state index contributed by atoms with van der Waals surface area (Å²) in [5.41, 5.74) is 3.94. The summed E-state index contributed by atoms with van der Waals surface area (Å²) in [6.07, 6.45) is 0. The second-order valence-electron chi connectivity index (χ2n) is 4.27. The summed E-state index contributed by atoms with van der Waals surface area (Å²) in [5.74, 6) is 0. The van der Waals surface area contributed by atoms with Crippen molar-refractivity contribution in [2.24, 2.45) is 0 Å². The highest BCUT2D eigenvalue weighted by atomic mass is 14.2. The summed E-state index contributed by atoms with van der Waals surface area (Å²) < 4.78 is 0. The Balaban J connectivity index is 3.08. The summed E-state index contributed by atoms with van der Waals surface area (Å²) in [6.45, 7) is 12.6. The molecule has 70 valence electrons. The lowest BCUT2D eigenvalue weighted by atomic mass is 9.79. The lowest BCUT2D eigenvalue weighted by molar-refractivity contribution is 0.626. The van der Waals surface area contributed by atoms with Crippen LogP contribution in [0, 0.1) is 6.92 Å². The SMILES string of the molecule is C=C(C)C(C)(C)c1ccc(C)cc1. The zero-order valence-corrected chi connectivity index (χ0v) is 9.02. The molecular formula is C13H18. The molecule has 0 aromatic heterocycles. The average molecular weight is 174 g/mol. The van der Waals surface area contributed by atoms with Crippen LogP contribution < -0.4 is 0 Å². The molecule has 0 atom stereocenters. The number of hydrogen-bond donors (Lipinski definition) is 0. The Labute approximate surface area is 81.3 Å². The molecule has 0 bridgehead atoms. The first-order chi connectivity index (χ1) is 5.94. The number of hydrogen-bond acceptors (Lipinski definition) is 0. The molecular weight excluding hydrogens is 156 g/mol. The third-order valence-electron chi connectivity index (χ3n) is 2.84. The summed E-state index contributed by atoms with van der Waals surface area (Å²) in [6, 6.07) is 8.67. The molecule has 1 aromatic carbocycles. The Morgan fingerprint density at radius 2 is 1.62 bits per heavy atom. The highest BCUT2D eigenvalue weighted by molar-refractivity contribution is 5.33. The van der Waals surface area contributed by atoms with Crippen molar-refractivity contribution in [3.63, 3.8) is 0 Å². The first kappa shape index (κ1) is 10.0. The normalized spacial score (nSPS) is 11.4. The van der Waals surface area contributed by atoms with Crippen LogP contribution in [0.15, 0.2) is 36.4 Å². The molecule has 0 aliphatic rings. The van der Waals surface area contributed by atoms with E-state index in [1.165, 1.54) is 16.7 Å². The minimum atomic E-state index is 0.0910. The Morgan fingerprint density at radius 3 is 2.00 bits per heavy atom. The zero-order valence-electron chi connectivity index (χ0n) is 9.02. The Hall–Kier alpha value is -1.04. The molecule has 0 fully saturated rings. The van der Waals surface area contributed by atoms with Crippen LogP contribution in [0.25, 0.3) is 0 Å². The van der Waals surface area contributed by atoms with E-state index < -0.39 is 0 Å². The molecule has 0 unspecified atom stereocenters. The van der Waals surface area contributed by atoms with Crippen molar-refractivity contribution >= 4 is 0 Å². The highest BCUT2D eigenvalue weighted by Crippen LogP contribution is 2.29. The van der Waals surface area contributed by atoms with Gasteiger partial charge in [0.25, 0.3) is 0 Å². The topological polar surface area (TPSA) is 0 Å².